The minimum Gasteiger partial charge on any atom is -0.265 e. The summed E-state index contributed by atoms with van der Waals surface area (Å²) in [6.45, 7) is 4.50. The maximum Gasteiger partial charge on any atom is 0.0270 e. The summed E-state index contributed by atoms with van der Waals surface area (Å²) >= 11 is 3.69. The number of hydrogen-bond donors (Lipinski definition) is 0. The number of nitrogens with zero attached hydrogens (tertiary/aromatic N) is 1. The molecule has 0 bridgehead atoms. The number of alkyl halides is 1. The largest absolute Gasteiger partial charge is 0.265 e. The Bertz CT molecular complexity index is 233. The van der Waals surface area contributed by atoms with Crippen molar-refractivity contribution in [3.05, 3.63) is 30.1 Å². The van der Waals surface area contributed by atoms with Crippen LogP contribution in [0, 0.1) is 5.92 Å². The van der Waals surface area contributed by atoms with Crippen molar-refractivity contribution in [2.24, 2.45) is 5.92 Å². The third-order valence-electron chi connectivity index (χ3n) is 1.93. The van der Waals surface area contributed by atoms with Gasteiger partial charge in [-0.3, -0.25) is 4.98 Å². The maximum atomic E-state index is 4.00. The van der Waals surface area contributed by atoms with Gasteiger partial charge in [-0.05, 0) is 36.5 Å². The summed E-state index contributed by atoms with van der Waals surface area (Å²) < 4.78 is 0. The molecule has 1 aromatic rings. The third kappa shape index (κ3) is 4.41. The molecule has 0 fully saturated rings. The molecule has 1 unspecified atom stereocenters. The molecule has 0 aliphatic carbocycles. The van der Waals surface area contributed by atoms with Gasteiger partial charge in [-0.2, -0.15) is 0 Å². The van der Waals surface area contributed by atoms with Gasteiger partial charge in [-0.25, -0.2) is 0 Å². The van der Waals surface area contributed by atoms with E-state index in [1.807, 2.05) is 12.4 Å². The Labute approximate surface area is 88.7 Å². The number of rotatable bonds is 4. The van der Waals surface area contributed by atoms with E-state index in [-0.39, 0.29) is 0 Å². The summed E-state index contributed by atoms with van der Waals surface area (Å²) in [6, 6.07) is 4.16. The quantitative estimate of drug-likeness (QED) is 0.737. The predicted octanol–water partition coefficient (Wildman–Crippen LogP) is 3.43. The molecule has 0 aromatic carbocycles. The molecular weight excluding hydrogens is 226 g/mol. The molecule has 72 valence electrons. The average Bonchev–Trinajstić information content (AvgIpc) is 2.04. The number of hydrogen-bond acceptors (Lipinski definition) is 1. The molecule has 2 heteroatoms. The predicted molar refractivity (Wildman–Crippen MR) is 60.1 cm³/mol. The molecule has 0 N–H and O–H groups in total. The molecule has 1 rings (SSSR count). The Balaban J connectivity index is 2.41. The second kappa shape index (κ2) is 5.38. The second-order valence-electron chi connectivity index (χ2n) is 3.79. The standard InChI is InChI=1S/C11H16BrN/c1-9(2)7-11(12)8-10-3-5-13-6-4-10/h3-6,9,11H,7-8H2,1-2H3. The van der Waals surface area contributed by atoms with Gasteiger partial charge in [0.05, 0.1) is 0 Å². The fourth-order valence-corrected chi connectivity index (χ4v) is 2.49. The van der Waals surface area contributed by atoms with Crippen molar-refractivity contribution in [2.45, 2.75) is 31.5 Å². The van der Waals surface area contributed by atoms with Crippen molar-refractivity contribution in [1.82, 2.24) is 4.98 Å². The first-order valence-corrected chi connectivity index (χ1v) is 5.63. The van der Waals surface area contributed by atoms with E-state index in [0.717, 1.165) is 12.3 Å². The van der Waals surface area contributed by atoms with Gasteiger partial charge in [0.2, 0.25) is 0 Å². The van der Waals surface area contributed by atoms with Crippen molar-refractivity contribution >= 4 is 15.9 Å². The molecular formula is C11H16BrN. The normalized spacial score (nSPS) is 13.2. The van der Waals surface area contributed by atoms with Gasteiger partial charge in [0.1, 0.15) is 0 Å². The van der Waals surface area contributed by atoms with Crippen molar-refractivity contribution in [3.63, 3.8) is 0 Å². The lowest BCUT2D eigenvalue weighted by Gasteiger charge is -2.11. The van der Waals surface area contributed by atoms with Crippen LogP contribution in [0.1, 0.15) is 25.8 Å². The molecule has 1 aromatic heterocycles. The molecule has 0 radical (unpaired) electrons. The first-order chi connectivity index (χ1) is 6.18. The summed E-state index contributed by atoms with van der Waals surface area (Å²) in [5.74, 6) is 0.756. The zero-order valence-corrected chi connectivity index (χ0v) is 9.79. The van der Waals surface area contributed by atoms with Crippen molar-refractivity contribution < 1.29 is 0 Å². The molecule has 0 saturated carbocycles. The SMILES string of the molecule is CC(C)CC(Br)Cc1ccncc1. The molecule has 0 aliphatic heterocycles. The van der Waals surface area contributed by atoms with E-state index in [4.69, 9.17) is 0 Å². The Morgan fingerprint density at radius 1 is 1.31 bits per heavy atom. The van der Waals surface area contributed by atoms with Gasteiger partial charge in [-0.1, -0.05) is 29.8 Å². The highest BCUT2D eigenvalue weighted by Gasteiger charge is 2.07. The van der Waals surface area contributed by atoms with E-state index in [1.165, 1.54) is 12.0 Å². The topological polar surface area (TPSA) is 12.9 Å². The Morgan fingerprint density at radius 3 is 2.46 bits per heavy atom. The van der Waals surface area contributed by atoms with Crippen LogP contribution in [0.15, 0.2) is 24.5 Å². The number of halogens is 1. The molecule has 1 nitrogen and oxygen atoms in total. The fourth-order valence-electron chi connectivity index (χ4n) is 1.37. The van der Waals surface area contributed by atoms with Crippen LogP contribution in [-0.4, -0.2) is 9.81 Å². The number of pyridine rings is 1. The van der Waals surface area contributed by atoms with E-state index >= 15 is 0 Å². The van der Waals surface area contributed by atoms with Gasteiger partial charge in [0, 0.05) is 17.2 Å². The second-order valence-corrected chi connectivity index (χ2v) is 5.08. The van der Waals surface area contributed by atoms with E-state index in [0.29, 0.717) is 4.83 Å². The van der Waals surface area contributed by atoms with Crippen LogP contribution < -0.4 is 0 Å². The summed E-state index contributed by atoms with van der Waals surface area (Å²) in [4.78, 5) is 4.59. The van der Waals surface area contributed by atoms with Crippen LogP contribution in [-0.2, 0) is 6.42 Å². The van der Waals surface area contributed by atoms with Crippen LogP contribution in [0.3, 0.4) is 0 Å². The Kier molecular flexibility index (Phi) is 4.43. The van der Waals surface area contributed by atoms with E-state index in [1.54, 1.807) is 0 Å². The lowest BCUT2D eigenvalue weighted by atomic mass is 10.0. The van der Waals surface area contributed by atoms with Gasteiger partial charge in [0.15, 0.2) is 0 Å². The first kappa shape index (κ1) is 10.7. The Morgan fingerprint density at radius 2 is 1.92 bits per heavy atom. The minimum atomic E-state index is 0.592. The van der Waals surface area contributed by atoms with Crippen LogP contribution in [0.25, 0.3) is 0 Å². The summed E-state index contributed by atoms with van der Waals surface area (Å²) in [6.07, 6.45) is 6.03. The van der Waals surface area contributed by atoms with Crippen LogP contribution in [0.4, 0.5) is 0 Å². The maximum absolute atomic E-state index is 4.00. The molecule has 0 spiro atoms. The highest BCUT2D eigenvalue weighted by Crippen LogP contribution is 2.17. The highest BCUT2D eigenvalue weighted by molar-refractivity contribution is 9.09. The van der Waals surface area contributed by atoms with Crippen molar-refractivity contribution in [2.75, 3.05) is 0 Å². The molecule has 0 amide bonds. The van der Waals surface area contributed by atoms with Gasteiger partial charge in [0.25, 0.3) is 0 Å². The molecule has 1 heterocycles. The summed E-state index contributed by atoms with van der Waals surface area (Å²) in [5, 5.41) is 0. The van der Waals surface area contributed by atoms with Gasteiger partial charge in [-0.15, -0.1) is 0 Å². The zero-order chi connectivity index (χ0) is 9.68. The number of aromatic nitrogens is 1. The van der Waals surface area contributed by atoms with Crippen LogP contribution >= 0.6 is 15.9 Å². The summed E-state index contributed by atoms with van der Waals surface area (Å²) in [7, 11) is 0. The van der Waals surface area contributed by atoms with E-state index in [2.05, 4.69) is 46.9 Å². The third-order valence-corrected chi connectivity index (χ3v) is 2.63. The molecule has 13 heavy (non-hydrogen) atoms. The zero-order valence-electron chi connectivity index (χ0n) is 8.20. The highest BCUT2D eigenvalue weighted by atomic mass is 79.9. The van der Waals surface area contributed by atoms with E-state index in [9.17, 15) is 0 Å². The van der Waals surface area contributed by atoms with Crippen LogP contribution in [0.2, 0.25) is 0 Å². The van der Waals surface area contributed by atoms with Gasteiger partial charge < -0.3 is 0 Å². The lowest BCUT2D eigenvalue weighted by molar-refractivity contribution is 0.571. The van der Waals surface area contributed by atoms with Crippen LogP contribution in [0.5, 0.6) is 0 Å². The summed E-state index contributed by atoms with van der Waals surface area (Å²) in [5.41, 5.74) is 1.36. The first-order valence-electron chi connectivity index (χ1n) is 4.71. The van der Waals surface area contributed by atoms with Gasteiger partial charge >= 0.3 is 0 Å². The average molecular weight is 242 g/mol. The molecule has 0 saturated heterocycles. The Hall–Kier alpha value is -0.370. The van der Waals surface area contributed by atoms with E-state index < -0.39 is 0 Å². The van der Waals surface area contributed by atoms with Crippen molar-refractivity contribution in [1.29, 1.82) is 0 Å². The minimum absolute atomic E-state index is 0.592. The lowest BCUT2D eigenvalue weighted by Crippen LogP contribution is -2.06. The monoisotopic (exact) mass is 241 g/mol. The van der Waals surface area contributed by atoms with Crippen molar-refractivity contribution in [3.8, 4) is 0 Å². The molecule has 1 atom stereocenters. The molecule has 0 aliphatic rings. The fraction of sp³-hybridized carbons (Fsp3) is 0.545. The smallest absolute Gasteiger partial charge is 0.0270 e.